The van der Waals surface area contributed by atoms with Crippen molar-refractivity contribution in [1.82, 2.24) is 9.80 Å². The molecule has 152 valence electrons. The Kier molecular flexibility index (Phi) is 9.86. The second-order valence-corrected chi connectivity index (χ2v) is 7.23. The van der Waals surface area contributed by atoms with Crippen LogP contribution < -0.4 is 5.73 Å². The molecule has 0 bridgehead atoms. The fraction of sp³-hybridized carbons (Fsp3) is 0.579. The quantitative estimate of drug-likeness (QED) is 0.297. The summed E-state index contributed by atoms with van der Waals surface area (Å²) >= 11 is 0. The molecule has 0 radical (unpaired) electrons. The average Bonchev–Trinajstić information content (AvgIpc) is 2.61. The highest BCUT2D eigenvalue weighted by Gasteiger charge is 2.26. The Morgan fingerprint density at radius 2 is 1.70 bits per heavy atom. The van der Waals surface area contributed by atoms with Gasteiger partial charge < -0.3 is 25.0 Å². The Bertz CT molecular complexity index is 597. The number of hydrogen-bond donors (Lipinski definition) is 1. The second kappa shape index (κ2) is 11.3. The van der Waals surface area contributed by atoms with E-state index in [9.17, 15) is 4.79 Å². The maximum atomic E-state index is 12.1. The summed E-state index contributed by atoms with van der Waals surface area (Å²) in [7, 11) is 0. The van der Waals surface area contributed by atoms with Gasteiger partial charge >= 0.3 is 6.09 Å². The van der Waals surface area contributed by atoms with Gasteiger partial charge in [-0.1, -0.05) is 30.3 Å². The standard InChI is InChI=1S/C19H30N4O3.HI/c1-19(2,3)26-18(24)23-12-10-22(11-13-23)17(20)21-9-14-25-15-16-7-5-4-6-8-16;/h4-8H,9-15H2,1-3H3,(H2,20,21);1H. The van der Waals surface area contributed by atoms with Gasteiger partial charge in [0.2, 0.25) is 0 Å². The first-order valence-electron chi connectivity index (χ1n) is 8.99. The summed E-state index contributed by atoms with van der Waals surface area (Å²) in [5, 5.41) is 0. The normalized spacial score (nSPS) is 15.3. The predicted octanol–water partition coefficient (Wildman–Crippen LogP) is 2.69. The van der Waals surface area contributed by atoms with E-state index in [0.717, 1.165) is 5.56 Å². The molecule has 1 aromatic rings. The number of carbonyl (C=O) groups is 1. The second-order valence-electron chi connectivity index (χ2n) is 7.23. The van der Waals surface area contributed by atoms with Crippen LogP contribution in [0, 0.1) is 0 Å². The van der Waals surface area contributed by atoms with Crippen molar-refractivity contribution in [3.05, 3.63) is 35.9 Å². The molecule has 0 atom stereocenters. The minimum Gasteiger partial charge on any atom is -0.444 e. The molecule has 0 spiro atoms. The number of nitrogens with two attached hydrogens (primary N) is 1. The number of carbonyl (C=O) groups excluding carboxylic acids is 1. The smallest absolute Gasteiger partial charge is 0.410 e. The summed E-state index contributed by atoms with van der Waals surface area (Å²) in [4.78, 5) is 20.1. The Hall–Kier alpha value is -1.55. The molecule has 27 heavy (non-hydrogen) atoms. The largest absolute Gasteiger partial charge is 0.444 e. The van der Waals surface area contributed by atoms with Crippen LogP contribution in [0.3, 0.4) is 0 Å². The van der Waals surface area contributed by atoms with Crippen molar-refractivity contribution in [2.24, 2.45) is 10.7 Å². The lowest BCUT2D eigenvalue weighted by Gasteiger charge is -2.36. The molecule has 1 aliphatic rings. The molecule has 2 rings (SSSR count). The Morgan fingerprint density at radius 1 is 1.11 bits per heavy atom. The highest BCUT2D eigenvalue weighted by Crippen LogP contribution is 2.11. The van der Waals surface area contributed by atoms with Gasteiger partial charge in [0.25, 0.3) is 0 Å². The van der Waals surface area contributed by atoms with E-state index in [0.29, 0.717) is 51.9 Å². The van der Waals surface area contributed by atoms with E-state index < -0.39 is 5.60 Å². The number of piperazine rings is 1. The van der Waals surface area contributed by atoms with Crippen LogP contribution in [0.4, 0.5) is 4.79 Å². The van der Waals surface area contributed by atoms with Crippen LogP contribution in [0.15, 0.2) is 35.3 Å². The van der Waals surface area contributed by atoms with Gasteiger partial charge in [-0.05, 0) is 26.3 Å². The van der Waals surface area contributed by atoms with Gasteiger partial charge in [-0.15, -0.1) is 24.0 Å². The highest BCUT2D eigenvalue weighted by molar-refractivity contribution is 14.0. The topological polar surface area (TPSA) is 80.4 Å². The van der Waals surface area contributed by atoms with E-state index in [1.54, 1.807) is 4.90 Å². The number of rotatable bonds is 5. The first-order valence-corrected chi connectivity index (χ1v) is 8.99. The van der Waals surface area contributed by atoms with E-state index in [2.05, 4.69) is 4.99 Å². The molecular weight excluding hydrogens is 459 g/mol. The maximum Gasteiger partial charge on any atom is 0.410 e. The van der Waals surface area contributed by atoms with Crippen molar-refractivity contribution >= 4 is 36.0 Å². The molecule has 1 fully saturated rings. The Labute approximate surface area is 178 Å². The molecule has 1 saturated heterocycles. The van der Waals surface area contributed by atoms with Gasteiger partial charge in [0.1, 0.15) is 5.60 Å². The lowest BCUT2D eigenvalue weighted by atomic mass is 10.2. The Morgan fingerprint density at radius 3 is 2.30 bits per heavy atom. The fourth-order valence-electron chi connectivity index (χ4n) is 2.53. The molecule has 0 aliphatic carbocycles. The van der Waals surface area contributed by atoms with E-state index in [1.807, 2.05) is 56.0 Å². The molecule has 7 nitrogen and oxygen atoms in total. The maximum absolute atomic E-state index is 12.1. The first kappa shape index (κ1) is 23.5. The third kappa shape index (κ3) is 8.79. The van der Waals surface area contributed by atoms with Gasteiger partial charge in [-0.3, -0.25) is 4.99 Å². The molecule has 1 heterocycles. The van der Waals surface area contributed by atoms with Gasteiger partial charge in [0.15, 0.2) is 5.96 Å². The molecule has 1 amide bonds. The minimum atomic E-state index is -0.478. The first-order chi connectivity index (χ1) is 12.3. The lowest BCUT2D eigenvalue weighted by Crippen LogP contribution is -2.53. The van der Waals surface area contributed by atoms with Crippen molar-refractivity contribution in [2.45, 2.75) is 33.0 Å². The van der Waals surface area contributed by atoms with Gasteiger partial charge in [0, 0.05) is 26.2 Å². The summed E-state index contributed by atoms with van der Waals surface area (Å²) in [5.41, 5.74) is 6.71. The third-order valence-corrected chi connectivity index (χ3v) is 3.88. The summed E-state index contributed by atoms with van der Waals surface area (Å²) in [5.74, 6) is 0.497. The molecule has 0 aromatic heterocycles. The molecule has 1 aliphatic heterocycles. The van der Waals surface area contributed by atoms with Crippen LogP contribution in [0.25, 0.3) is 0 Å². The van der Waals surface area contributed by atoms with Crippen molar-refractivity contribution in [2.75, 3.05) is 39.3 Å². The van der Waals surface area contributed by atoms with E-state index in [-0.39, 0.29) is 30.1 Å². The molecule has 8 heteroatoms. The number of benzene rings is 1. The Balaban J connectivity index is 0.00000364. The lowest BCUT2D eigenvalue weighted by molar-refractivity contribution is 0.0186. The molecule has 2 N–H and O–H groups in total. The molecular formula is C19H31IN4O3. The number of amides is 1. The number of aliphatic imine (C=N–C) groups is 1. The van der Waals surface area contributed by atoms with Crippen LogP contribution >= 0.6 is 24.0 Å². The zero-order chi connectivity index (χ0) is 19.0. The number of nitrogens with zero attached hydrogens (tertiary/aromatic N) is 3. The number of halogens is 1. The van der Waals surface area contributed by atoms with E-state index >= 15 is 0 Å². The number of guanidine groups is 1. The van der Waals surface area contributed by atoms with Crippen LogP contribution in [-0.4, -0.2) is 66.8 Å². The van der Waals surface area contributed by atoms with Crippen molar-refractivity contribution in [1.29, 1.82) is 0 Å². The van der Waals surface area contributed by atoms with Crippen molar-refractivity contribution in [3.63, 3.8) is 0 Å². The van der Waals surface area contributed by atoms with Crippen molar-refractivity contribution in [3.8, 4) is 0 Å². The zero-order valence-electron chi connectivity index (χ0n) is 16.4. The van der Waals surface area contributed by atoms with E-state index in [1.165, 1.54) is 0 Å². The predicted molar refractivity (Wildman–Crippen MR) is 117 cm³/mol. The fourth-order valence-corrected chi connectivity index (χ4v) is 2.53. The SMILES string of the molecule is CC(C)(C)OC(=O)N1CCN(C(N)=NCCOCc2ccccc2)CC1.I. The summed E-state index contributed by atoms with van der Waals surface area (Å²) in [6.45, 7) is 9.68. The van der Waals surface area contributed by atoms with Crippen LogP contribution in [0.1, 0.15) is 26.3 Å². The number of hydrogen-bond acceptors (Lipinski definition) is 4. The summed E-state index contributed by atoms with van der Waals surface area (Å²) in [6, 6.07) is 10.0. The van der Waals surface area contributed by atoms with E-state index in [4.69, 9.17) is 15.2 Å². The van der Waals surface area contributed by atoms with Gasteiger partial charge in [-0.25, -0.2) is 4.79 Å². The van der Waals surface area contributed by atoms with Crippen LogP contribution in [0.5, 0.6) is 0 Å². The van der Waals surface area contributed by atoms with Crippen LogP contribution in [0.2, 0.25) is 0 Å². The number of ether oxygens (including phenoxy) is 2. The van der Waals surface area contributed by atoms with Crippen molar-refractivity contribution < 1.29 is 14.3 Å². The monoisotopic (exact) mass is 490 g/mol. The van der Waals surface area contributed by atoms with Gasteiger partial charge in [0.05, 0.1) is 19.8 Å². The highest BCUT2D eigenvalue weighted by atomic mass is 127. The molecule has 0 saturated carbocycles. The summed E-state index contributed by atoms with van der Waals surface area (Å²) in [6.07, 6.45) is -0.276. The average molecular weight is 490 g/mol. The van der Waals surface area contributed by atoms with Crippen LogP contribution in [-0.2, 0) is 16.1 Å². The molecule has 1 aromatic carbocycles. The zero-order valence-corrected chi connectivity index (χ0v) is 18.7. The minimum absolute atomic E-state index is 0. The summed E-state index contributed by atoms with van der Waals surface area (Å²) < 4.78 is 11.0. The molecule has 0 unspecified atom stereocenters. The third-order valence-electron chi connectivity index (χ3n) is 3.88. The van der Waals surface area contributed by atoms with Gasteiger partial charge in [-0.2, -0.15) is 0 Å².